The van der Waals surface area contributed by atoms with E-state index >= 15 is 0 Å². The van der Waals surface area contributed by atoms with Crippen LogP contribution < -0.4 is 5.32 Å². The average molecular weight is 258 g/mol. The van der Waals surface area contributed by atoms with Gasteiger partial charge in [0.2, 0.25) is 11.7 Å². The van der Waals surface area contributed by atoms with Crippen molar-refractivity contribution >= 4 is 0 Å². The van der Waals surface area contributed by atoms with Crippen molar-refractivity contribution in [2.24, 2.45) is 0 Å². The molecule has 0 radical (unpaired) electrons. The number of hydrogen-bond donors (Lipinski definition) is 1. The summed E-state index contributed by atoms with van der Waals surface area (Å²) in [4.78, 5) is 9.00. The maximum Gasteiger partial charge on any atom is 0.234 e. The number of hydrogen-bond acceptors (Lipinski definition) is 5. The summed E-state index contributed by atoms with van der Waals surface area (Å²) in [5.41, 5.74) is 1.72. The molecule has 5 nitrogen and oxygen atoms in total. The number of nitrogens with zero attached hydrogens (tertiary/aromatic N) is 3. The van der Waals surface area contributed by atoms with Crippen molar-refractivity contribution in [1.29, 1.82) is 0 Å². The molecule has 100 valence electrons. The summed E-state index contributed by atoms with van der Waals surface area (Å²) in [5.74, 6) is 1.32. The Balaban J connectivity index is 1.95. The summed E-state index contributed by atoms with van der Waals surface area (Å²) < 4.78 is 5.50. The molecule has 0 bridgehead atoms. The van der Waals surface area contributed by atoms with E-state index in [4.69, 9.17) is 4.52 Å². The predicted molar refractivity (Wildman–Crippen MR) is 71.7 cm³/mol. The fourth-order valence-corrected chi connectivity index (χ4v) is 2.59. The minimum absolute atomic E-state index is 0.00489. The van der Waals surface area contributed by atoms with Crippen molar-refractivity contribution in [3.05, 3.63) is 29.8 Å². The number of nitrogens with one attached hydrogen (secondary N) is 1. The second-order valence-electron chi connectivity index (χ2n) is 5.15. The van der Waals surface area contributed by atoms with Gasteiger partial charge in [-0.2, -0.15) is 4.98 Å². The second-order valence-corrected chi connectivity index (χ2v) is 5.15. The highest BCUT2D eigenvalue weighted by Gasteiger charge is 2.39. The molecule has 2 aromatic heterocycles. The van der Waals surface area contributed by atoms with Crippen LogP contribution in [0, 0.1) is 6.92 Å². The Labute approximate surface area is 112 Å². The van der Waals surface area contributed by atoms with E-state index in [2.05, 4.69) is 27.4 Å². The first-order chi connectivity index (χ1) is 9.23. The fraction of sp³-hybridized carbons (Fsp3) is 0.500. The lowest BCUT2D eigenvalue weighted by atomic mass is 9.84. The molecule has 1 aliphatic rings. The standard InChI is InChI=1S/C14H18N4O/c1-3-14(7-8-15-9-14)13-17-12(18-19-13)11-6-4-5-10(2)16-11/h4-6,15H,3,7-9H2,1-2H3. The molecule has 0 saturated carbocycles. The Bertz CT molecular complexity index is 572. The van der Waals surface area contributed by atoms with Gasteiger partial charge in [-0.3, -0.25) is 0 Å². The van der Waals surface area contributed by atoms with Crippen LogP contribution in [0.3, 0.4) is 0 Å². The molecule has 1 aliphatic heterocycles. The van der Waals surface area contributed by atoms with Crippen LogP contribution in [-0.2, 0) is 5.41 Å². The lowest BCUT2D eigenvalue weighted by Gasteiger charge is -2.20. The van der Waals surface area contributed by atoms with Crippen molar-refractivity contribution in [2.45, 2.75) is 32.1 Å². The third-order valence-corrected chi connectivity index (χ3v) is 3.92. The first-order valence-electron chi connectivity index (χ1n) is 6.72. The summed E-state index contributed by atoms with van der Waals surface area (Å²) in [6.07, 6.45) is 2.05. The van der Waals surface area contributed by atoms with Crippen LogP contribution in [-0.4, -0.2) is 28.2 Å². The Morgan fingerprint density at radius 3 is 2.95 bits per heavy atom. The molecule has 0 aliphatic carbocycles. The Morgan fingerprint density at radius 1 is 1.37 bits per heavy atom. The third-order valence-electron chi connectivity index (χ3n) is 3.92. The summed E-state index contributed by atoms with van der Waals surface area (Å²) in [6, 6.07) is 5.83. The van der Waals surface area contributed by atoms with Crippen LogP contribution in [0.5, 0.6) is 0 Å². The maximum atomic E-state index is 5.50. The molecule has 0 amide bonds. The van der Waals surface area contributed by atoms with E-state index in [0.717, 1.165) is 43.2 Å². The highest BCUT2D eigenvalue weighted by atomic mass is 16.5. The largest absolute Gasteiger partial charge is 0.338 e. The zero-order chi connectivity index (χ0) is 13.3. The number of aromatic nitrogens is 3. The van der Waals surface area contributed by atoms with Gasteiger partial charge < -0.3 is 9.84 Å². The lowest BCUT2D eigenvalue weighted by Crippen LogP contribution is -2.28. The number of rotatable bonds is 3. The van der Waals surface area contributed by atoms with E-state index in [0.29, 0.717) is 5.82 Å². The minimum Gasteiger partial charge on any atom is -0.338 e. The molecule has 1 atom stereocenters. The monoisotopic (exact) mass is 258 g/mol. The molecule has 3 rings (SSSR count). The number of pyridine rings is 1. The van der Waals surface area contributed by atoms with Crippen LogP contribution in [0.2, 0.25) is 0 Å². The quantitative estimate of drug-likeness (QED) is 0.913. The molecule has 5 heteroatoms. The molecule has 2 aromatic rings. The molecule has 1 saturated heterocycles. The van der Waals surface area contributed by atoms with Crippen LogP contribution in [0.25, 0.3) is 11.5 Å². The van der Waals surface area contributed by atoms with Gasteiger partial charge in [0.15, 0.2) is 0 Å². The third kappa shape index (κ3) is 2.14. The van der Waals surface area contributed by atoms with Crippen LogP contribution in [0.4, 0.5) is 0 Å². The van der Waals surface area contributed by atoms with E-state index in [1.165, 1.54) is 0 Å². The van der Waals surface area contributed by atoms with Crippen molar-refractivity contribution in [1.82, 2.24) is 20.4 Å². The lowest BCUT2D eigenvalue weighted by molar-refractivity contribution is 0.285. The first-order valence-corrected chi connectivity index (χ1v) is 6.72. The zero-order valence-corrected chi connectivity index (χ0v) is 11.3. The summed E-state index contributed by atoms with van der Waals surface area (Å²) >= 11 is 0. The van der Waals surface area contributed by atoms with Gasteiger partial charge in [0.05, 0.1) is 5.41 Å². The summed E-state index contributed by atoms with van der Waals surface area (Å²) in [6.45, 7) is 6.04. The first kappa shape index (κ1) is 12.3. The minimum atomic E-state index is -0.00489. The van der Waals surface area contributed by atoms with Crippen molar-refractivity contribution in [3.8, 4) is 11.5 Å². The highest BCUT2D eigenvalue weighted by molar-refractivity contribution is 5.48. The highest BCUT2D eigenvalue weighted by Crippen LogP contribution is 2.33. The molecule has 3 heterocycles. The summed E-state index contributed by atoms with van der Waals surface area (Å²) in [5, 5.41) is 7.47. The van der Waals surface area contributed by atoms with Gasteiger partial charge in [0.25, 0.3) is 0 Å². The summed E-state index contributed by atoms with van der Waals surface area (Å²) in [7, 11) is 0. The zero-order valence-electron chi connectivity index (χ0n) is 11.3. The van der Waals surface area contributed by atoms with Crippen LogP contribution in [0.1, 0.15) is 31.4 Å². The molecule has 0 aromatic carbocycles. The van der Waals surface area contributed by atoms with E-state index in [1.54, 1.807) is 0 Å². The van der Waals surface area contributed by atoms with Gasteiger partial charge in [-0.05, 0) is 38.4 Å². The van der Waals surface area contributed by atoms with Gasteiger partial charge in [0, 0.05) is 12.2 Å². The van der Waals surface area contributed by atoms with Gasteiger partial charge in [-0.1, -0.05) is 18.1 Å². The predicted octanol–water partition coefficient (Wildman–Crippen LogP) is 2.08. The Kier molecular flexibility index (Phi) is 3.06. The van der Waals surface area contributed by atoms with Crippen molar-refractivity contribution < 1.29 is 4.52 Å². The van der Waals surface area contributed by atoms with E-state index in [9.17, 15) is 0 Å². The molecule has 1 unspecified atom stereocenters. The molecule has 1 N–H and O–H groups in total. The Morgan fingerprint density at radius 2 is 2.26 bits per heavy atom. The molecular weight excluding hydrogens is 240 g/mol. The SMILES string of the molecule is CCC1(c2nc(-c3cccc(C)n3)no2)CCNC1. The molecule has 19 heavy (non-hydrogen) atoms. The van der Waals surface area contributed by atoms with Gasteiger partial charge in [-0.25, -0.2) is 4.98 Å². The van der Waals surface area contributed by atoms with Crippen molar-refractivity contribution in [2.75, 3.05) is 13.1 Å². The van der Waals surface area contributed by atoms with Gasteiger partial charge in [-0.15, -0.1) is 0 Å². The van der Waals surface area contributed by atoms with E-state index < -0.39 is 0 Å². The van der Waals surface area contributed by atoms with E-state index in [1.807, 2.05) is 25.1 Å². The normalized spacial score (nSPS) is 22.8. The van der Waals surface area contributed by atoms with E-state index in [-0.39, 0.29) is 5.41 Å². The Hall–Kier alpha value is -1.75. The second kappa shape index (κ2) is 4.74. The molecular formula is C14H18N4O. The fourth-order valence-electron chi connectivity index (χ4n) is 2.59. The average Bonchev–Trinajstić information content (AvgIpc) is 3.08. The maximum absolute atomic E-state index is 5.50. The molecule has 1 fully saturated rings. The van der Waals surface area contributed by atoms with Crippen LogP contribution >= 0.6 is 0 Å². The van der Waals surface area contributed by atoms with Crippen molar-refractivity contribution in [3.63, 3.8) is 0 Å². The van der Waals surface area contributed by atoms with Gasteiger partial charge >= 0.3 is 0 Å². The smallest absolute Gasteiger partial charge is 0.234 e. The number of aryl methyl sites for hydroxylation is 1. The van der Waals surface area contributed by atoms with Crippen LogP contribution in [0.15, 0.2) is 22.7 Å². The molecule has 0 spiro atoms. The topological polar surface area (TPSA) is 63.8 Å². The van der Waals surface area contributed by atoms with Gasteiger partial charge in [0.1, 0.15) is 5.69 Å².